The van der Waals surface area contributed by atoms with Crippen molar-refractivity contribution in [3.05, 3.63) is 48.0 Å². The van der Waals surface area contributed by atoms with Crippen LogP contribution in [0.1, 0.15) is 49.9 Å². The molecule has 1 aliphatic rings. The Balaban J connectivity index is 0.00000441. The third-order valence-corrected chi connectivity index (χ3v) is 11.2. The monoisotopic (exact) mass is 628 g/mol. The molecule has 2 aromatic carbocycles. The summed E-state index contributed by atoms with van der Waals surface area (Å²) in [5.74, 6) is -0.289. The van der Waals surface area contributed by atoms with Gasteiger partial charge < -0.3 is 4.90 Å². The lowest BCUT2D eigenvalue weighted by atomic mass is 10.2. The van der Waals surface area contributed by atoms with Gasteiger partial charge in [0.15, 0.2) is 15.0 Å². The second-order valence-corrected chi connectivity index (χ2v) is 14.7. The first-order chi connectivity index (χ1) is 18.5. The minimum atomic E-state index is -3.62. The highest BCUT2D eigenvalue weighted by molar-refractivity contribution is 7.90. The zero-order valence-corrected chi connectivity index (χ0v) is 26.3. The number of aromatic nitrogens is 1. The number of likely N-dealkylation sites (N-methyl/N-ethyl adjacent to an activating group) is 1. The number of nitrogens with zero attached hydrogens (tertiary/aromatic N) is 4. The van der Waals surface area contributed by atoms with Crippen molar-refractivity contribution in [3.8, 4) is 0 Å². The quantitative estimate of drug-likeness (QED) is 0.321. The fraction of sp³-hybridized carbons (Fsp3) is 0.481. The van der Waals surface area contributed by atoms with Crippen molar-refractivity contribution < 1.29 is 21.6 Å². The maximum atomic E-state index is 13.8. The van der Waals surface area contributed by atoms with Crippen LogP contribution in [0.2, 0.25) is 0 Å². The van der Waals surface area contributed by atoms with E-state index in [2.05, 4.69) is 23.7 Å². The van der Waals surface area contributed by atoms with Gasteiger partial charge in [-0.2, -0.15) is 4.31 Å². The summed E-state index contributed by atoms with van der Waals surface area (Å²) in [7, 11) is -7.00. The average molecular weight is 629 g/mol. The van der Waals surface area contributed by atoms with Crippen LogP contribution in [-0.4, -0.2) is 82.5 Å². The number of hydrogen-bond donors (Lipinski definition) is 0. The fourth-order valence-electron chi connectivity index (χ4n) is 4.66. The van der Waals surface area contributed by atoms with Gasteiger partial charge in [-0.1, -0.05) is 38.0 Å². The van der Waals surface area contributed by atoms with Gasteiger partial charge in [0.05, 0.1) is 20.0 Å². The summed E-state index contributed by atoms with van der Waals surface area (Å²) in [5.41, 5.74) is 0.974. The number of carbonyl (C=O) groups excluding carboxylic acids is 1. The largest absolute Gasteiger partial charge is 0.302 e. The number of benzene rings is 2. The van der Waals surface area contributed by atoms with Gasteiger partial charge in [-0.25, -0.2) is 21.8 Å². The second kappa shape index (κ2) is 13.7. The molecule has 0 spiro atoms. The second-order valence-electron chi connectivity index (χ2n) is 9.72. The molecule has 4 rings (SSSR count). The molecule has 0 radical (unpaired) electrons. The van der Waals surface area contributed by atoms with Crippen LogP contribution in [-0.2, 0) is 19.9 Å². The molecule has 1 fully saturated rings. The molecular weight excluding hydrogens is 592 g/mol. The number of fused-ring (bicyclic) bond motifs is 1. The van der Waals surface area contributed by atoms with Crippen molar-refractivity contribution in [2.45, 2.75) is 49.3 Å². The summed E-state index contributed by atoms with van der Waals surface area (Å²) >= 11 is 1.26. The van der Waals surface area contributed by atoms with Gasteiger partial charge in [0.25, 0.3) is 5.91 Å². The summed E-state index contributed by atoms with van der Waals surface area (Å²) in [5, 5.41) is 0.467. The van der Waals surface area contributed by atoms with Crippen LogP contribution in [0.5, 0.6) is 0 Å². The topological polar surface area (TPSA) is 108 Å². The number of rotatable bonds is 10. The lowest BCUT2D eigenvalue weighted by molar-refractivity contribution is 0.0983. The zero-order chi connectivity index (χ0) is 28.2. The minimum absolute atomic E-state index is 0. The van der Waals surface area contributed by atoms with Crippen LogP contribution in [0.3, 0.4) is 0 Å². The fourth-order valence-corrected chi connectivity index (χ4v) is 7.93. The molecule has 0 N–H and O–H groups in total. The summed E-state index contributed by atoms with van der Waals surface area (Å²) in [4.78, 5) is 22.6. The summed E-state index contributed by atoms with van der Waals surface area (Å²) in [6, 6.07) is 10.9. The molecule has 1 amide bonds. The molecule has 2 heterocycles. The van der Waals surface area contributed by atoms with Gasteiger partial charge in [-0.05, 0) is 68.4 Å². The van der Waals surface area contributed by atoms with E-state index in [1.165, 1.54) is 29.5 Å². The summed E-state index contributed by atoms with van der Waals surface area (Å²) in [6.07, 6.45) is 4.93. The van der Waals surface area contributed by atoms with Gasteiger partial charge in [-0.3, -0.25) is 9.69 Å². The van der Waals surface area contributed by atoms with Crippen molar-refractivity contribution in [2.24, 2.45) is 0 Å². The van der Waals surface area contributed by atoms with E-state index in [-0.39, 0.29) is 28.1 Å². The van der Waals surface area contributed by atoms with Crippen molar-refractivity contribution in [3.63, 3.8) is 0 Å². The van der Waals surface area contributed by atoms with E-state index in [9.17, 15) is 21.6 Å². The Labute approximate surface area is 247 Å². The van der Waals surface area contributed by atoms with Gasteiger partial charge in [-0.15, -0.1) is 12.4 Å². The highest BCUT2D eigenvalue weighted by Gasteiger charge is 2.27. The highest BCUT2D eigenvalue weighted by atomic mass is 35.5. The molecule has 13 heteroatoms. The Kier molecular flexibility index (Phi) is 11.1. The van der Waals surface area contributed by atoms with E-state index < -0.39 is 19.9 Å². The summed E-state index contributed by atoms with van der Waals surface area (Å²) in [6.45, 7) is 7.82. The number of halogens is 1. The van der Waals surface area contributed by atoms with E-state index >= 15 is 0 Å². The van der Waals surface area contributed by atoms with Gasteiger partial charge >= 0.3 is 0 Å². The number of sulfone groups is 1. The van der Waals surface area contributed by atoms with Gasteiger partial charge in [0.1, 0.15) is 0 Å². The lowest BCUT2D eigenvalue weighted by Crippen LogP contribution is -2.39. The van der Waals surface area contributed by atoms with Gasteiger partial charge in [0.2, 0.25) is 10.0 Å². The van der Waals surface area contributed by atoms with Crippen molar-refractivity contribution in [2.75, 3.05) is 50.4 Å². The third kappa shape index (κ3) is 7.40. The first-order valence-electron chi connectivity index (χ1n) is 13.3. The number of sulfonamides is 1. The zero-order valence-electron chi connectivity index (χ0n) is 23.1. The number of hydrogen-bond acceptors (Lipinski definition) is 8. The van der Waals surface area contributed by atoms with E-state index in [4.69, 9.17) is 0 Å². The molecule has 0 unspecified atom stereocenters. The van der Waals surface area contributed by atoms with Crippen LogP contribution < -0.4 is 4.90 Å². The van der Waals surface area contributed by atoms with Crippen molar-refractivity contribution in [1.82, 2.24) is 14.2 Å². The van der Waals surface area contributed by atoms with Gasteiger partial charge in [0, 0.05) is 38.0 Å². The van der Waals surface area contributed by atoms with Crippen LogP contribution in [0, 0.1) is 0 Å². The van der Waals surface area contributed by atoms with Crippen LogP contribution in [0.4, 0.5) is 5.13 Å². The molecule has 40 heavy (non-hydrogen) atoms. The molecular formula is C27H37ClN4O5S3. The van der Waals surface area contributed by atoms with Crippen LogP contribution in [0.15, 0.2) is 52.3 Å². The summed E-state index contributed by atoms with van der Waals surface area (Å²) < 4.78 is 52.7. The third-order valence-electron chi connectivity index (χ3n) is 7.09. The number of carbonyl (C=O) groups is 1. The molecule has 0 aliphatic carbocycles. The average Bonchev–Trinajstić information content (AvgIpc) is 3.13. The molecule has 1 saturated heterocycles. The highest BCUT2D eigenvalue weighted by Crippen LogP contribution is 2.32. The molecule has 1 aromatic heterocycles. The first-order valence-corrected chi connectivity index (χ1v) is 17.4. The molecule has 9 nitrogen and oxygen atoms in total. The smallest absolute Gasteiger partial charge is 0.260 e. The predicted molar refractivity (Wildman–Crippen MR) is 163 cm³/mol. The molecule has 220 valence electrons. The number of thiazole rings is 1. The maximum Gasteiger partial charge on any atom is 0.260 e. The standard InChI is InChI=1S/C27H36N4O5S3.ClH/c1-4-29(5-2)18-19-31(27-28-24-15-14-23(38(3,33)34)20-25(24)37-27)26(32)21-10-12-22(13-11-21)39(35,36)30-16-8-6-7-9-17-30;/h10-15,20H,4-9,16-19H2,1-3H3;1H. The van der Waals surface area contributed by atoms with Crippen LogP contribution >= 0.6 is 23.7 Å². The Bertz CT molecular complexity index is 1510. The van der Waals surface area contributed by atoms with E-state index in [0.717, 1.165) is 45.0 Å². The maximum absolute atomic E-state index is 13.8. The SMILES string of the molecule is CCN(CC)CCN(C(=O)c1ccc(S(=O)(=O)N2CCCCCC2)cc1)c1nc2ccc(S(C)(=O)=O)cc2s1.Cl. The first kappa shape index (κ1) is 32.4. The predicted octanol–water partition coefficient (Wildman–Crippen LogP) is 4.67. The Morgan fingerprint density at radius 2 is 1.50 bits per heavy atom. The Hall–Kier alpha value is -2.09. The molecule has 0 saturated carbocycles. The van der Waals surface area contributed by atoms with Crippen molar-refractivity contribution in [1.29, 1.82) is 0 Å². The van der Waals surface area contributed by atoms with Crippen molar-refractivity contribution >= 4 is 64.9 Å². The number of amides is 1. The molecule has 0 atom stereocenters. The Morgan fingerprint density at radius 3 is 2.08 bits per heavy atom. The molecule has 3 aromatic rings. The molecule has 1 aliphatic heterocycles. The van der Waals surface area contributed by atoms with Crippen LogP contribution in [0.25, 0.3) is 10.2 Å². The lowest BCUT2D eigenvalue weighted by Gasteiger charge is -2.25. The minimum Gasteiger partial charge on any atom is -0.302 e. The van der Waals surface area contributed by atoms with E-state index in [1.807, 2.05) is 0 Å². The van der Waals surface area contributed by atoms with E-state index in [0.29, 0.717) is 47.1 Å². The number of anilines is 1. The molecule has 0 bridgehead atoms. The van der Waals surface area contributed by atoms with E-state index in [1.54, 1.807) is 33.5 Å². The normalized spacial score (nSPS) is 15.1. The Morgan fingerprint density at radius 1 is 0.900 bits per heavy atom.